The highest BCUT2D eigenvalue weighted by atomic mass is 32.2. The van der Waals surface area contributed by atoms with Gasteiger partial charge in [-0.1, -0.05) is 0 Å². The summed E-state index contributed by atoms with van der Waals surface area (Å²) in [5.74, 6) is 1.36. The number of carbonyl (C=O) groups excluding carboxylic acids is 1. The average Bonchev–Trinajstić information content (AvgIpc) is 2.76. The van der Waals surface area contributed by atoms with Gasteiger partial charge >= 0.3 is 12.0 Å². The molecule has 18 heavy (non-hydrogen) atoms. The molecule has 0 aromatic heterocycles. The number of aliphatic carboxylic acids is 1. The molecule has 0 aromatic rings. The van der Waals surface area contributed by atoms with Crippen LogP contribution in [0.4, 0.5) is 4.79 Å². The predicted molar refractivity (Wildman–Crippen MR) is 70.8 cm³/mol. The van der Waals surface area contributed by atoms with E-state index in [9.17, 15) is 9.59 Å². The van der Waals surface area contributed by atoms with E-state index >= 15 is 0 Å². The second-order valence-corrected chi connectivity index (χ2v) is 6.25. The first kappa shape index (κ1) is 13.5. The molecule has 0 bridgehead atoms. The van der Waals surface area contributed by atoms with Crippen molar-refractivity contribution in [1.29, 1.82) is 0 Å². The van der Waals surface area contributed by atoms with Crippen molar-refractivity contribution in [3.8, 4) is 0 Å². The smallest absolute Gasteiger partial charge is 0.320 e. The summed E-state index contributed by atoms with van der Waals surface area (Å²) in [6, 6.07) is 0.380. The summed E-state index contributed by atoms with van der Waals surface area (Å²) in [4.78, 5) is 26.8. The lowest BCUT2D eigenvalue weighted by molar-refractivity contribution is -0.138. The summed E-state index contributed by atoms with van der Waals surface area (Å²) in [7, 11) is 0. The molecule has 2 rings (SSSR count). The third-order valence-corrected chi connectivity index (χ3v) is 4.82. The zero-order valence-electron chi connectivity index (χ0n) is 10.7. The van der Waals surface area contributed by atoms with Gasteiger partial charge < -0.3 is 14.9 Å². The monoisotopic (exact) mass is 272 g/mol. The molecular formula is C12H20N2O3S. The number of hydrogen-bond donors (Lipinski definition) is 1. The highest BCUT2D eigenvalue weighted by molar-refractivity contribution is 7.99. The first-order valence-corrected chi connectivity index (χ1v) is 7.58. The number of thioether (sulfide) groups is 1. The standard InChI is InChI=1S/C12H20N2O3S/c1-9-8-18-5-4-14(9)12(17)13-3-2-10(7-13)6-11(15)16/h9-10H,2-8H2,1H3,(H,15,16). The molecule has 2 atom stereocenters. The molecule has 2 aliphatic heterocycles. The van der Waals surface area contributed by atoms with Gasteiger partial charge in [-0.3, -0.25) is 4.79 Å². The van der Waals surface area contributed by atoms with E-state index in [1.54, 1.807) is 0 Å². The van der Waals surface area contributed by atoms with Crippen LogP contribution in [-0.4, -0.2) is 64.1 Å². The molecular weight excluding hydrogens is 252 g/mol. The molecule has 2 saturated heterocycles. The Morgan fingerprint density at radius 3 is 2.83 bits per heavy atom. The topological polar surface area (TPSA) is 60.9 Å². The van der Waals surface area contributed by atoms with E-state index in [2.05, 4.69) is 6.92 Å². The number of nitrogens with zero attached hydrogens (tertiary/aromatic N) is 2. The molecule has 0 spiro atoms. The summed E-state index contributed by atoms with van der Waals surface area (Å²) in [5, 5.41) is 8.77. The third-order valence-electron chi connectivity index (χ3n) is 3.63. The summed E-state index contributed by atoms with van der Waals surface area (Å²) >= 11 is 1.89. The van der Waals surface area contributed by atoms with Crippen LogP contribution in [0.3, 0.4) is 0 Å². The van der Waals surface area contributed by atoms with Crippen LogP contribution in [0.2, 0.25) is 0 Å². The number of carboxylic acids is 1. The zero-order chi connectivity index (χ0) is 13.1. The number of carbonyl (C=O) groups is 2. The largest absolute Gasteiger partial charge is 0.481 e. The summed E-state index contributed by atoms with van der Waals surface area (Å²) in [6.07, 6.45) is 0.990. The Hall–Kier alpha value is -0.910. The maximum absolute atomic E-state index is 12.3. The number of amides is 2. The van der Waals surface area contributed by atoms with Crippen LogP contribution in [0.15, 0.2) is 0 Å². The van der Waals surface area contributed by atoms with Gasteiger partial charge in [-0.05, 0) is 19.3 Å². The predicted octanol–water partition coefficient (Wildman–Crippen LogP) is 1.34. The summed E-state index contributed by atoms with van der Waals surface area (Å²) < 4.78 is 0. The lowest BCUT2D eigenvalue weighted by Gasteiger charge is -2.36. The van der Waals surface area contributed by atoms with E-state index in [1.807, 2.05) is 21.6 Å². The first-order chi connectivity index (χ1) is 8.58. The SMILES string of the molecule is CC1CSCCN1C(=O)N1CCC(CC(=O)O)C1. The Morgan fingerprint density at radius 1 is 1.39 bits per heavy atom. The lowest BCUT2D eigenvalue weighted by atomic mass is 10.1. The van der Waals surface area contributed by atoms with Gasteiger partial charge in [0, 0.05) is 43.6 Å². The van der Waals surface area contributed by atoms with Crippen molar-refractivity contribution < 1.29 is 14.7 Å². The number of likely N-dealkylation sites (tertiary alicyclic amines) is 1. The fourth-order valence-electron chi connectivity index (χ4n) is 2.61. The zero-order valence-corrected chi connectivity index (χ0v) is 11.5. The Balaban J connectivity index is 1.88. The molecule has 0 aromatic carbocycles. The highest BCUT2D eigenvalue weighted by Gasteiger charge is 2.33. The Labute approximate surface area is 112 Å². The second kappa shape index (κ2) is 5.82. The highest BCUT2D eigenvalue weighted by Crippen LogP contribution is 2.23. The average molecular weight is 272 g/mol. The molecule has 2 heterocycles. The van der Waals surface area contributed by atoms with Gasteiger partial charge in [-0.15, -0.1) is 0 Å². The minimum absolute atomic E-state index is 0.0932. The molecule has 1 N–H and O–H groups in total. The van der Waals surface area contributed by atoms with Crippen molar-refractivity contribution in [2.45, 2.75) is 25.8 Å². The van der Waals surface area contributed by atoms with Crippen LogP contribution in [0.5, 0.6) is 0 Å². The molecule has 0 radical (unpaired) electrons. The van der Waals surface area contributed by atoms with E-state index in [0.29, 0.717) is 13.1 Å². The van der Waals surface area contributed by atoms with Gasteiger partial charge in [0.05, 0.1) is 0 Å². The van der Waals surface area contributed by atoms with Crippen molar-refractivity contribution in [1.82, 2.24) is 9.80 Å². The fourth-order valence-corrected chi connectivity index (χ4v) is 3.63. The minimum Gasteiger partial charge on any atom is -0.481 e. The molecule has 102 valence electrons. The van der Waals surface area contributed by atoms with E-state index in [1.165, 1.54) is 0 Å². The van der Waals surface area contributed by atoms with Crippen molar-refractivity contribution in [2.24, 2.45) is 5.92 Å². The normalized spacial score (nSPS) is 28.5. The van der Waals surface area contributed by atoms with Gasteiger partial charge in [0.25, 0.3) is 0 Å². The van der Waals surface area contributed by atoms with E-state index in [4.69, 9.17) is 5.11 Å². The molecule has 2 aliphatic rings. The van der Waals surface area contributed by atoms with E-state index in [0.717, 1.165) is 24.5 Å². The lowest BCUT2D eigenvalue weighted by Crippen LogP contribution is -2.50. The molecule has 2 amide bonds. The first-order valence-electron chi connectivity index (χ1n) is 6.43. The van der Waals surface area contributed by atoms with Gasteiger partial charge in [-0.25, -0.2) is 4.79 Å². The van der Waals surface area contributed by atoms with Crippen LogP contribution in [-0.2, 0) is 4.79 Å². The molecule has 5 nitrogen and oxygen atoms in total. The van der Waals surface area contributed by atoms with Crippen LogP contribution in [0.1, 0.15) is 19.8 Å². The number of carboxylic acid groups (broad SMARTS) is 1. The minimum atomic E-state index is -0.767. The van der Waals surface area contributed by atoms with Crippen molar-refractivity contribution >= 4 is 23.8 Å². The molecule has 2 fully saturated rings. The van der Waals surface area contributed by atoms with Crippen LogP contribution in [0, 0.1) is 5.92 Å². The molecule has 2 unspecified atom stereocenters. The molecule has 0 saturated carbocycles. The van der Waals surface area contributed by atoms with Crippen molar-refractivity contribution in [3.63, 3.8) is 0 Å². The Morgan fingerprint density at radius 2 is 2.17 bits per heavy atom. The number of hydrogen-bond acceptors (Lipinski definition) is 3. The van der Waals surface area contributed by atoms with Gasteiger partial charge in [0.2, 0.25) is 0 Å². The van der Waals surface area contributed by atoms with E-state index < -0.39 is 5.97 Å². The Bertz CT molecular complexity index is 337. The van der Waals surface area contributed by atoms with Crippen LogP contribution in [0.25, 0.3) is 0 Å². The molecule has 6 heteroatoms. The van der Waals surface area contributed by atoms with Gasteiger partial charge in [-0.2, -0.15) is 11.8 Å². The van der Waals surface area contributed by atoms with Crippen molar-refractivity contribution in [2.75, 3.05) is 31.1 Å². The quantitative estimate of drug-likeness (QED) is 0.824. The number of rotatable bonds is 2. The maximum atomic E-state index is 12.3. The van der Waals surface area contributed by atoms with Gasteiger partial charge in [0.1, 0.15) is 0 Å². The Kier molecular flexibility index (Phi) is 4.37. The van der Waals surface area contributed by atoms with Gasteiger partial charge in [0.15, 0.2) is 0 Å². The summed E-state index contributed by atoms with van der Waals surface area (Å²) in [5.41, 5.74) is 0. The molecule has 0 aliphatic carbocycles. The summed E-state index contributed by atoms with van der Waals surface area (Å²) in [6.45, 7) is 4.19. The van der Waals surface area contributed by atoms with E-state index in [-0.39, 0.29) is 24.4 Å². The maximum Gasteiger partial charge on any atom is 0.320 e. The van der Waals surface area contributed by atoms with Crippen LogP contribution >= 0.6 is 11.8 Å². The number of urea groups is 1. The fraction of sp³-hybridized carbons (Fsp3) is 0.833. The third kappa shape index (κ3) is 3.10. The second-order valence-electron chi connectivity index (χ2n) is 5.10. The van der Waals surface area contributed by atoms with Crippen LogP contribution < -0.4 is 0 Å². The van der Waals surface area contributed by atoms with Crippen molar-refractivity contribution in [3.05, 3.63) is 0 Å².